The van der Waals surface area contributed by atoms with Crippen LogP contribution in [0.5, 0.6) is 0 Å². The second kappa shape index (κ2) is 7.43. The quantitative estimate of drug-likeness (QED) is 0.827. The van der Waals surface area contributed by atoms with Gasteiger partial charge in [0.1, 0.15) is 0 Å². The summed E-state index contributed by atoms with van der Waals surface area (Å²) in [5.41, 5.74) is 1.97. The van der Waals surface area contributed by atoms with Gasteiger partial charge in [-0.1, -0.05) is 6.07 Å². The number of hydrogen-bond donors (Lipinski definition) is 1. The molecular formula is C18H25N3OS. The first-order chi connectivity index (χ1) is 11.1. The molecule has 3 heterocycles. The molecule has 0 saturated carbocycles. The molecular weight excluding hydrogens is 306 g/mol. The summed E-state index contributed by atoms with van der Waals surface area (Å²) < 4.78 is 2.05. The summed E-state index contributed by atoms with van der Waals surface area (Å²) >= 11 is 1.84. The molecule has 3 rings (SSSR count). The molecule has 1 aliphatic rings. The van der Waals surface area contributed by atoms with Gasteiger partial charge in [-0.2, -0.15) is 0 Å². The molecule has 5 heteroatoms. The molecule has 23 heavy (non-hydrogen) atoms. The van der Waals surface area contributed by atoms with Crippen LogP contribution in [0, 0.1) is 0 Å². The number of ketones is 1. The van der Waals surface area contributed by atoms with Gasteiger partial charge in [0.05, 0.1) is 0 Å². The van der Waals surface area contributed by atoms with Crippen LogP contribution in [0.1, 0.15) is 40.7 Å². The Morgan fingerprint density at radius 2 is 2.35 bits per heavy atom. The molecule has 0 aliphatic carbocycles. The number of carbonyl (C=O) groups is 1. The van der Waals surface area contributed by atoms with Gasteiger partial charge in [-0.05, 0) is 43.8 Å². The van der Waals surface area contributed by atoms with Crippen molar-refractivity contribution in [1.82, 2.24) is 14.8 Å². The number of nitrogens with zero attached hydrogens (tertiary/aromatic N) is 2. The van der Waals surface area contributed by atoms with Crippen LogP contribution < -0.4 is 5.32 Å². The van der Waals surface area contributed by atoms with E-state index in [1.807, 2.05) is 30.6 Å². The van der Waals surface area contributed by atoms with Crippen molar-refractivity contribution in [3.05, 3.63) is 45.9 Å². The Morgan fingerprint density at radius 1 is 1.48 bits per heavy atom. The lowest BCUT2D eigenvalue weighted by atomic mass is 10.1. The van der Waals surface area contributed by atoms with Crippen LogP contribution >= 0.6 is 11.3 Å². The summed E-state index contributed by atoms with van der Waals surface area (Å²) in [5, 5.41) is 5.82. The summed E-state index contributed by atoms with van der Waals surface area (Å²) in [5.74, 6) is 0.131. The van der Waals surface area contributed by atoms with Gasteiger partial charge in [0.2, 0.25) is 0 Å². The summed E-state index contributed by atoms with van der Waals surface area (Å²) in [6.45, 7) is 5.79. The van der Waals surface area contributed by atoms with E-state index in [1.165, 1.54) is 30.0 Å². The van der Waals surface area contributed by atoms with Crippen LogP contribution in [-0.4, -0.2) is 34.4 Å². The van der Waals surface area contributed by atoms with Crippen LogP contribution in [0.25, 0.3) is 0 Å². The maximum atomic E-state index is 11.5. The fraction of sp³-hybridized carbons (Fsp3) is 0.500. The molecule has 4 nitrogen and oxygen atoms in total. The summed E-state index contributed by atoms with van der Waals surface area (Å²) in [4.78, 5) is 15.5. The first-order valence-corrected chi connectivity index (χ1v) is 9.14. The minimum absolute atomic E-state index is 0.131. The zero-order valence-corrected chi connectivity index (χ0v) is 14.7. The van der Waals surface area contributed by atoms with Crippen LogP contribution in [0.15, 0.2) is 29.8 Å². The lowest BCUT2D eigenvalue weighted by Crippen LogP contribution is -2.45. The summed E-state index contributed by atoms with van der Waals surface area (Å²) in [7, 11) is 2.01. The number of carbonyl (C=O) groups excluding carboxylic acids is 1. The molecule has 1 unspecified atom stereocenters. The van der Waals surface area contributed by atoms with Gasteiger partial charge in [0, 0.05) is 55.1 Å². The van der Waals surface area contributed by atoms with E-state index >= 15 is 0 Å². The van der Waals surface area contributed by atoms with Crippen molar-refractivity contribution in [3.8, 4) is 0 Å². The average molecular weight is 331 g/mol. The maximum absolute atomic E-state index is 11.5. The zero-order chi connectivity index (χ0) is 16.2. The lowest BCUT2D eigenvalue weighted by molar-refractivity contribution is 0.101. The third kappa shape index (κ3) is 4.31. The van der Waals surface area contributed by atoms with Crippen molar-refractivity contribution in [2.24, 2.45) is 7.05 Å². The van der Waals surface area contributed by atoms with E-state index < -0.39 is 0 Å². The van der Waals surface area contributed by atoms with Crippen molar-refractivity contribution < 1.29 is 4.79 Å². The lowest BCUT2D eigenvalue weighted by Gasteiger charge is -2.33. The van der Waals surface area contributed by atoms with Gasteiger partial charge in [-0.25, -0.2) is 0 Å². The number of aryl methyl sites for hydroxylation is 1. The minimum atomic E-state index is 0.131. The molecule has 0 aromatic carbocycles. The number of piperidine rings is 1. The van der Waals surface area contributed by atoms with Crippen molar-refractivity contribution in [1.29, 1.82) is 0 Å². The van der Waals surface area contributed by atoms with Crippen LogP contribution in [0.4, 0.5) is 0 Å². The molecule has 0 bridgehead atoms. The number of Topliss-reactive ketones (excluding diaryl/α,β-unsaturated/α-hetero) is 1. The third-order valence-corrected chi connectivity index (χ3v) is 5.41. The monoisotopic (exact) mass is 331 g/mol. The fourth-order valence-corrected chi connectivity index (χ4v) is 3.96. The molecule has 124 valence electrons. The standard InChI is InChI=1S/C18H25N3OS/c1-14(22)15-9-17(20(2)11-15)10-19-16-5-3-7-21(12-16)13-18-6-4-8-23-18/h4,6,8-9,11,16,19H,3,5,7,10,12-13H2,1-2H3. The Kier molecular flexibility index (Phi) is 5.30. The number of thiophene rings is 1. The first kappa shape index (κ1) is 16.4. The number of rotatable bonds is 6. The molecule has 0 spiro atoms. The molecule has 2 aromatic heterocycles. The smallest absolute Gasteiger partial charge is 0.161 e. The Balaban J connectivity index is 1.52. The van der Waals surface area contributed by atoms with Crippen molar-refractivity contribution in [2.45, 2.75) is 38.9 Å². The SMILES string of the molecule is CC(=O)c1cc(CNC2CCCN(Cc3cccs3)C2)n(C)c1. The third-order valence-electron chi connectivity index (χ3n) is 4.55. The Bertz CT molecular complexity index is 647. The highest BCUT2D eigenvalue weighted by Crippen LogP contribution is 2.17. The molecule has 1 atom stereocenters. The normalized spacial score (nSPS) is 19.1. The Hall–Kier alpha value is -1.43. The number of hydrogen-bond acceptors (Lipinski definition) is 4. The molecule has 1 fully saturated rings. The molecule has 0 amide bonds. The molecule has 2 aromatic rings. The van der Waals surface area contributed by atoms with Crippen LogP contribution in [-0.2, 0) is 20.1 Å². The molecule has 1 aliphatic heterocycles. The second-order valence-electron chi connectivity index (χ2n) is 6.42. The van der Waals surface area contributed by atoms with Gasteiger partial charge in [-0.15, -0.1) is 11.3 Å². The van der Waals surface area contributed by atoms with Crippen molar-refractivity contribution in [2.75, 3.05) is 13.1 Å². The van der Waals surface area contributed by atoms with E-state index in [0.717, 1.165) is 25.2 Å². The Morgan fingerprint density at radius 3 is 3.04 bits per heavy atom. The van der Waals surface area contributed by atoms with Gasteiger partial charge in [-0.3, -0.25) is 9.69 Å². The highest BCUT2D eigenvalue weighted by molar-refractivity contribution is 7.09. The van der Waals surface area contributed by atoms with E-state index in [0.29, 0.717) is 6.04 Å². The average Bonchev–Trinajstić information content (AvgIpc) is 3.15. The minimum Gasteiger partial charge on any atom is -0.353 e. The largest absolute Gasteiger partial charge is 0.353 e. The fourth-order valence-electron chi connectivity index (χ4n) is 3.22. The van der Waals surface area contributed by atoms with E-state index in [-0.39, 0.29) is 5.78 Å². The highest BCUT2D eigenvalue weighted by Gasteiger charge is 2.20. The maximum Gasteiger partial charge on any atom is 0.161 e. The van der Waals surface area contributed by atoms with Crippen LogP contribution in [0.3, 0.4) is 0 Å². The van der Waals surface area contributed by atoms with Gasteiger partial charge in [0.15, 0.2) is 5.78 Å². The van der Waals surface area contributed by atoms with Gasteiger partial charge < -0.3 is 9.88 Å². The zero-order valence-electron chi connectivity index (χ0n) is 13.9. The first-order valence-electron chi connectivity index (χ1n) is 8.26. The molecule has 1 N–H and O–H groups in total. The predicted molar refractivity (Wildman–Crippen MR) is 94.9 cm³/mol. The van der Waals surface area contributed by atoms with Gasteiger partial charge in [0.25, 0.3) is 0 Å². The summed E-state index contributed by atoms with van der Waals surface area (Å²) in [6.07, 6.45) is 4.39. The van der Waals surface area contributed by atoms with Crippen LogP contribution in [0.2, 0.25) is 0 Å². The van der Waals surface area contributed by atoms with Gasteiger partial charge >= 0.3 is 0 Å². The Labute approximate surface area is 142 Å². The summed E-state index contributed by atoms with van der Waals surface area (Å²) in [6, 6.07) is 6.87. The topological polar surface area (TPSA) is 37.3 Å². The molecule has 0 radical (unpaired) electrons. The van der Waals surface area contributed by atoms with E-state index in [4.69, 9.17) is 0 Å². The second-order valence-corrected chi connectivity index (χ2v) is 7.45. The molecule has 1 saturated heterocycles. The van der Waals surface area contributed by atoms with E-state index in [1.54, 1.807) is 6.92 Å². The van der Waals surface area contributed by atoms with Crippen molar-refractivity contribution in [3.63, 3.8) is 0 Å². The van der Waals surface area contributed by atoms with E-state index in [9.17, 15) is 4.79 Å². The number of likely N-dealkylation sites (tertiary alicyclic amines) is 1. The predicted octanol–water partition coefficient (Wildman–Crippen LogP) is 3.04. The number of nitrogens with one attached hydrogen (secondary N) is 1. The highest BCUT2D eigenvalue weighted by atomic mass is 32.1. The number of aromatic nitrogens is 1. The van der Waals surface area contributed by atoms with Crippen molar-refractivity contribution >= 4 is 17.1 Å². The van der Waals surface area contributed by atoms with E-state index in [2.05, 4.69) is 32.3 Å².